The zero-order valence-corrected chi connectivity index (χ0v) is 10.2. The smallest absolute Gasteiger partial charge is 0.102 e. The van der Waals surface area contributed by atoms with Crippen molar-refractivity contribution in [2.75, 3.05) is 40.4 Å². The monoisotopic (exact) mass is 241 g/mol. The molecule has 0 radical (unpaired) electrons. The van der Waals surface area contributed by atoms with Gasteiger partial charge in [0.05, 0.1) is 37.5 Å². The minimum absolute atomic E-state index is 0.913. The van der Waals surface area contributed by atoms with Gasteiger partial charge >= 0.3 is 0 Å². The van der Waals surface area contributed by atoms with E-state index in [-0.39, 0.29) is 0 Å². The number of likely N-dealkylation sites (tertiary alicyclic amines) is 1. The topological polar surface area (TPSA) is 78.4 Å². The van der Waals surface area contributed by atoms with Crippen molar-refractivity contribution in [2.24, 2.45) is 0 Å². The largest absolute Gasteiger partial charge is 0.379 e. The lowest BCUT2D eigenvalue weighted by molar-refractivity contribution is -1.73. The maximum absolute atomic E-state index is 8.41. The Morgan fingerprint density at radius 2 is 1.60 bits per heavy atom. The fraction of sp³-hybridized carbons (Fsp3) is 1.00. The van der Waals surface area contributed by atoms with Crippen LogP contribution in [0.15, 0.2) is 0 Å². The van der Waals surface area contributed by atoms with E-state index in [0.29, 0.717) is 0 Å². The van der Waals surface area contributed by atoms with Gasteiger partial charge in [-0.2, -0.15) is 0 Å². The van der Waals surface area contributed by atoms with E-state index in [1.807, 2.05) is 0 Å². The molecule has 0 saturated carbocycles. The van der Waals surface area contributed by atoms with Crippen LogP contribution in [0.5, 0.6) is 0 Å². The molecule has 1 rings (SSSR count). The van der Waals surface area contributed by atoms with Gasteiger partial charge in [0.1, 0.15) is 6.54 Å². The Kier molecular flexibility index (Phi) is 8.32. The quantitative estimate of drug-likeness (QED) is 0.521. The minimum atomic E-state index is -2.85. The van der Waals surface area contributed by atoms with Crippen molar-refractivity contribution in [3.8, 4) is 0 Å². The first-order valence-electron chi connectivity index (χ1n) is 5.06. The number of likely N-dealkylation sites (N-methyl/N-ethyl adjacent to an activating group) is 1. The zero-order valence-electron chi connectivity index (χ0n) is 9.41. The molecule has 1 heterocycles. The Labute approximate surface area is 94.3 Å². The van der Waals surface area contributed by atoms with Crippen LogP contribution in [0.1, 0.15) is 19.3 Å². The Bertz CT molecular complexity index is 148. The molecule has 15 heavy (non-hydrogen) atoms. The maximum Gasteiger partial charge on any atom is 0.102 e. The molecule has 92 valence electrons. The SMILES string of the molecule is COCC[N+]1(C)CCCCC1.[O-][Cl+2]([O-])[O-]. The second-order valence-electron chi connectivity index (χ2n) is 4.03. The lowest BCUT2D eigenvalue weighted by atomic mass is 10.1. The molecule has 5 nitrogen and oxygen atoms in total. The molecule has 0 atom stereocenters. The molecule has 1 aliphatic heterocycles. The first-order chi connectivity index (χ1) is 7.00. The van der Waals surface area contributed by atoms with Gasteiger partial charge in [-0.3, -0.25) is 0 Å². The van der Waals surface area contributed by atoms with Crippen molar-refractivity contribution in [1.82, 2.24) is 0 Å². The summed E-state index contributed by atoms with van der Waals surface area (Å²) >= 11 is 0. The summed E-state index contributed by atoms with van der Waals surface area (Å²) in [5.74, 6) is 0. The van der Waals surface area contributed by atoms with E-state index in [1.54, 1.807) is 7.11 Å². The number of nitrogens with zero attached hydrogens (tertiary/aromatic N) is 1. The number of halogens is 1. The van der Waals surface area contributed by atoms with Gasteiger partial charge in [-0.15, -0.1) is 0 Å². The Balaban J connectivity index is 0.000000423. The lowest BCUT2D eigenvalue weighted by Crippen LogP contribution is -2.49. The van der Waals surface area contributed by atoms with Crippen LogP contribution in [-0.2, 0) is 4.74 Å². The summed E-state index contributed by atoms with van der Waals surface area (Å²) in [5.41, 5.74) is 0. The summed E-state index contributed by atoms with van der Waals surface area (Å²) in [6.45, 7) is 4.81. The standard InChI is InChI=1S/C9H20NO.ClO3/c1-10(8-9-11-2)6-4-3-5-7-10;2-1(3)4/h3-9H2,1-2H3;/q+1;-1. The predicted molar refractivity (Wildman–Crippen MR) is 46.5 cm³/mol. The molecule has 1 fully saturated rings. The normalized spacial score (nSPS) is 19.6. The van der Waals surface area contributed by atoms with E-state index >= 15 is 0 Å². The molecule has 1 aliphatic rings. The van der Waals surface area contributed by atoms with Gasteiger partial charge in [0.25, 0.3) is 0 Å². The highest BCUT2D eigenvalue weighted by molar-refractivity contribution is 4.51. The second-order valence-corrected chi connectivity index (χ2v) is 4.41. The van der Waals surface area contributed by atoms with Crippen LogP contribution in [-0.4, -0.2) is 44.9 Å². The van der Waals surface area contributed by atoms with Crippen molar-refractivity contribution in [3.05, 3.63) is 0 Å². The van der Waals surface area contributed by atoms with Crippen molar-refractivity contribution in [1.29, 1.82) is 0 Å². The van der Waals surface area contributed by atoms with Crippen LogP contribution in [0.3, 0.4) is 0 Å². The van der Waals surface area contributed by atoms with Crippen LogP contribution < -0.4 is 14.0 Å². The van der Waals surface area contributed by atoms with E-state index in [4.69, 9.17) is 18.7 Å². The Morgan fingerprint density at radius 3 is 2.00 bits per heavy atom. The number of ether oxygens (including phenoxy) is 1. The molecule has 0 unspecified atom stereocenters. The molecule has 0 aromatic heterocycles. The fourth-order valence-electron chi connectivity index (χ4n) is 1.81. The molecule has 0 aromatic carbocycles. The number of hydrogen-bond donors (Lipinski definition) is 0. The first-order valence-corrected chi connectivity index (χ1v) is 5.98. The van der Waals surface area contributed by atoms with Crippen LogP contribution in [0.25, 0.3) is 0 Å². The predicted octanol–water partition coefficient (Wildman–Crippen LogP) is -2.30. The molecule has 0 N–H and O–H groups in total. The molecule has 0 aromatic rings. The Morgan fingerprint density at radius 1 is 1.13 bits per heavy atom. The van der Waals surface area contributed by atoms with Crippen molar-refractivity contribution >= 4 is 0 Å². The van der Waals surface area contributed by atoms with Crippen LogP contribution in [0.4, 0.5) is 0 Å². The number of quaternary nitrogens is 1. The molecule has 0 amide bonds. The summed E-state index contributed by atoms with van der Waals surface area (Å²) in [4.78, 5) is 0. The maximum atomic E-state index is 8.41. The molecule has 1 saturated heterocycles. The second kappa shape index (κ2) is 8.27. The fourth-order valence-corrected chi connectivity index (χ4v) is 1.81. The number of methoxy groups -OCH3 is 1. The average Bonchev–Trinajstić information content (AvgIpc) is 2.15. The highest BCUT2D eigenvalue weighted by Gasteiger charge is 2.23. The van der Waals surface area contributed by atoms with Crippen LogP contribution in [0, 0.1) is 10.8 Å². The van der Waals surface area contributed by atoms with Crippen LogP contribution >= 0.6 is 0 Å². The number of hydrogen-bond acceptors (Lipinski definition) is 4. The van der Waals surface area contributed by atoms with Gasteiger partial charge in [0.2, 0.25) is 0 Å². The van der Waals surface area contributed by atoms with Gasteiger partial charge < -0.3 is 23.2 Å². The van der Waals surface area contributed by atoms with Crippen molar-refractivity contribution < 1.29 is 34.0 Å². The molecular formula is C9H20ClNO4. The van der Waals surface area contributed by atoms with E-state index in [0.717, 1.165) is 6.61 Å². The first kappa shape index (κ1) is 15.1. The molecular weight excluding hydrogens is 222 g/mol. The molecule has 0 aliphatic carbocycles. The highest BCUT2D eigenvalue weighted by atomic mass is 35.6. The Hall–Kier alpha value is 0.0900. The lowest BCUT2D eigenvalue weighted by Gasteiger charge is -2.37. The van der Waals surface area contributed by atoms with Gasteiger partial charge in [-0.25, -0.2) is 0 Å². The van der Waals surface area contributed by atoms with Gasteiger partial charge in [-0.05, 0) is 19.3 Å². The minimum Gasteiger partial charge on any atom is -0.379 e. The zero-order chi connectivity index (χ0) is 11.7. The number of piperidine rings is 1. The number of rotatable bonds is 3. The molecule has 0 spiro atoms. The van der Waals surface area contributed by atoms with E-state index in [2.05, 4.69) is 7.05 Å². The molecule has 0 bridgehead atoms. The summed E-state index contributed by atoms with van der Waals surface area (Å²) in [6.07, 6.45) is 4.24. The van der Waals surface area contributed by atoms with Gasteiger partial charge in [-0.1, -0.05) is 0 Å². The third-order valence-electron chi connectivity index (χ3n) is 2.73. The summed E-state index contributed by atoms with van der Waals surface area (Å²) in [5, 5.41) is 0. The van der Waals surface area contributed by atoms with E-state index in [1.165, 1.54) is 43.4 Å². The summed E-state index contributed by atoms with van der Waals surface area (Å²) in [6, 6.07) is 0. The average molecular weight is 242 g/mol. The third-order valence-corrected chi connectivity index (χ3v) is 2.73. The van der Waals surface area contributed by atoms with E-state index in [9.17, 15) is 0 Å². The van der Waals surface area contributed by atoms with Crippen molar-refractivity contribution in [3.63, 3.8) is 0 Å². The third kappa shape index (κ3) is 9.04. The highest BCUT2D eigenvalue weighted by Crippen LogP contribution is 2.15. The van der Waals surface area contributed by atoms with Gasteiger partial charge in [0, 0.05) is 7.11 Å². The van der Waals surface area contributed by atoms with Gasteiger partial charge in [0.15, 0.2) is 0 Å². The van der Waals surface area contributed by atoms with E-state index < -0.39 is 10.8 Å². The summed E-state index contributed by atoms with van der Waals surface area (Å²) in [7, 11) is 1.28. The van der Waals surface area contributed by atoms with Crippen molar-refractivity contribution in [2.45, 2.75) is 19.3 Å². The molecule has 6 heteroatoms. The van der Waals surface area contributed by atoms with Crippen LogP contribution in [0.2, 0.25) is 0 Å². The summed E-state index contributed by atoms with van der Waals surface area (Å²) < 4.78 is 31.5.